The van der Waals surface area contributed by atoms with Crippen LogP contribution in [-0.4, -0.2) is 18.0 Å². The summed E-state index contributed by atoms with van der Waals surface area (Å²) in [5.74, 6) is 0.746. The summed E-state index contributed by atoms with van der Waals surface area (Å²) < 4.78 is 0. The first-order valence-electron chi connectivity index (χ1n) is 5.63. The van der Waals surface area contributed by atoms with E-state index in [0.717, 1.165) is 5.92 Å². The lowest BCUT2D eigenvalue weighted by molar-refractivity contribution is 0.335. The van der Waals surface area contributed by atoms with Gasteiger partial charge in [-0.25, -0.2) is 0 Å². The van der Waals surface area contributed by atoms with Crippen LogP contribution in [0, 0.1) is 5.92 Å². The van der Waals surface area contributed by atoms with E-state index in [9.17, 15) is 0 Å². The first-order valence-corrected chi connectivity index (χ1v) is 5.63. The fourth-order valence-corrected chi connectivity index (χ4v) is 1.99. The summed E-state index contributed by atoms with van der Waals surface area (Å²) in [6.07, 6.45) is 6.70. The number of hydrogen-bond acceptors (Lipinski definition) is 1. The zero-order valence-electron chi connectivity index (χ0n) is 9.18. The molecule has 0 unspecified atom stereocenters. The normalized spacial score (nSPS) is 18.8. The molecule has 1 heterocycles. The van der Waals surface area contributed by atoms with Crippen molar-refractivity contribution in [2.24, 2.45) is 5.92 Å². The van der Waals surface area contributed by atoms with Gasteiger partial charge in [-0.05, 0) is 25.2 Å². The van der Waals surface area contributed by atoms with Crippen LogP contribution in [0.5, 0.6) is 0 Å². The van der Waals surface area contributed by atoms with Crippen LogP contribution in [0.3, 0.4) is 0 Å². The highest BCUT2D eigenvalue weighted by Gasteiger charge is 2.11. The molecule has 1 heteroatoms. The first kappa shape index (κ1) is 10.6. The van der Waals surface area contributed by atoms with Crippen molar-refractivity contribution in [1.82, 2.24) is 4.90 Å². The van der Waals surface area contributed by atoms with Crippen molar-refractivity contribution in [2.45, 2.75) is 46.0 Å². The lowest BCUT2D eigenvalue weighted by atomic mass is 10.1. The van der Waals surface area contributed by atoms with E-state index >= 15 is 0 Å². The first-order chi connectivity index (χ1) is 6.20. The molecule has 0 saturated carbocycles. The average Bonchev–Trinajstić information content (AvgIpc) is 2.29. The van der Waals surface area contributed by atoms with Crippen LogP contribution in [-0.2, 0) is 0 Å². The molecular weight excluding hydrogens is 158 g/mol. The average molecular weight is 181 g/mol. The van der Waals surface area contributed by atoms with E-state index < -0.39 is 0 Å². The Bertz CT molecular complexity index is 153. The molecule has 0 N–H and O–H groups in total. The molecule has 13 heavy (non-hydrogen) atoms. The van der Waals surface area contributed by atoms with Gasteiger partial charge in [0.2, 0.25) is 0 Å². The summed E-state index contributed by atoms with van der Waals surface area (Å²) in [6.45, 7) is 11.2. The summed E-state index contributed by atoms with van der Waals surface area (Å²) in [7, 11) is 0. The van der Waals surface area contributed by atoms with Crippen molar-refractivity contribution >= 4 is 0 Å². The molecule has 0 spiro atoms. The largest absolute Gasteiger partial charge is 0.375 e. The van der Waals surface area contributed by atoms with Crippen LogP contribution in [0.1, 0.15) is 46.0 Å². The molecule has 0 bridgehead atoms. The molecule has 1 fully saturated rings. The summed E-state index contributed by atoms with van der Waals surface area (Å²) >= 11 is 0. The molecule has 0 radical (unpaired) electrons. The molecule has 1 nitrogen and oxygen atoms in total. The SMILES string of the molecule is C=C(CC(C)C)N1CCCCCC1. The van der Waals surface area contributed by atoms with Gasteiger partial charge in [-0.15, -0.1) is 0 Å². The maximum Gasteiger partial charge on any atom is 0.0174 e. The topological polar surface area (TPSA) is 3.24 Å². The number of allylic oxidation sites excluding steroid dienone is 1. The van der Waals surface area contributed by atoms with Crippen LogP contribution in [0.2, 0.25) is 0 Å². The lowest BCUT2D eigenvalue weighted by Crippen LogP contribution is -2.24. The van der Waals surface area contributed by atoms with Crippen molar-refractivity contribution in [3.63, 3.8) is 0 Å². The lowest BCUT2D eigenvalue weighted by Gasteiger charge is -2.25. The molecular formula is C12H23N. The Balaban J connectivity index is 2.35. The van der Waals surface area contributed by atoms with Gasteiger partial charge in [-0.1, -0.05) is 33.3 Å². The van der Waals surface area contributed by atoms with Crippen molar-refractivity contribution in [3.05, 3.63) is 12.3 Å². The van der Waals surface area contributed by atoms with Gasteiger partial charge >= 0.3 is 0 Å². The molecule has 76 valence electrons. The molecule has 1 aliphatic heterocycles. The number of nitrogens with zero attached hydrogens (tertiary/aromatic N) is 1. The minimum Gasteiger partial charge on any atom is -0.375 e. The van der Waals surface area contributed by atoms with Gasteiger partial charge in [0.15, 0.2) is 0 Å². The second kappa shape index (κ2) is 5.31. The van der Waals surface area contributed by atoms with E-state index in [2.05, 4.69) is 25.3 Å². The minimum absolute atomic E-state index is 0.746. The molecule has 0 aliphatic carbocycles. The smallest absolute Gasteiger partial charge is 0.0174 e. The predicted molar refractivity (Wildman–Crippen MR) is 58.6 cm³/mol. The highest BCUT2D eigenvalue weighted by Crippen LogP contribution is 2.18. The van der Waals surface area contributed by atoms with Crippen molar-refractivity contribution in [1.29, 1.82) is 0 Å². The van der Waals surface area contributed by atoms with Gasteiger partial charge in [0.25, 0.3) is 0 Å². The third kappa shape index (κ3) is 3.84. The molecule has 0 aromatic rings. The Hall–Kier alpha value is -0.460. The van der Waals surface area contributed by atoms with Crippen LogP contribution >= 0.6 is 0 Å². The highest BCUT2D eigenvalue weighted by molar-refractivity contribution is 4.95. The summed E-state index contributed by atoms with van der Waals surface area (Å²) in [5, 5.41) is 0. The van der Waals surface area contributed by atoms with Gasteiger partial charge in [0.1, 0.15) is 0 Å². The summed E-state index contributed by atoms with van der Waals surface area (Å²) in [4.78, 5) is 2.49. The maximum absolute atomic E-state index is 4.19. The van der Waals surface area contributed by atoms with Crippen molar-refractivity contribution < 1.29 is 0 Å². The summed E-state index contributed by atoms with van der Waals surface area (Å²) in [6, 6.07) is 0. The van der Waals surface area contributed by atoms with E-state index in [1.54, 1.807) is 0 Å². The van der Waals surface area contributed by atoms with Gasteiger partial charge in [0, 0.05) is 18.8 Å². The minimum atomic E-state index is 0.746. The van der Waals surface area contributed by atoms with Gasteiger partial charge in [-0.2, -0.15) is 0 Å². The molecule has 1 rings (SSSR count). The highest BCUT2D eigenvalue weighted by atomic mass is 15.1. The maximum atomic E-state index is 4.19. The second-order valence-corrected chi connectivity index (χ2v) is 4.57. The van der Waals surface area contributed by atoms with E-state index in [1.165, 1.54) is 50.9 Å². The standard InChI is InChI=1S/C12H23N/c1-11(2)10-12(3)13-8-6-4-5-7-9-13/h11H,3-10H2,1-2H3. The van der Waals surface area contributed by atoms with Crippen LogP contribution < -0.4 is 0 Å². The van der Waals surface area contributed by atoms with Crippen LogP contribution in [0.25, 0.3) is 0 Å². The van der Waals surface area contributed by atoms with E-state index in [0.29, 0.717) is 0 Å². The number of likely N-dealkylation sites (tertiary alicyclic amines) is 1. The molecule has 1 saturated heterocycles. The third-order valence-corrected chi connectivity index (χ3v) is 2.70. The predicted octanol–water partition coefficient (Wildman–Crippen LogP) is 3.42. The third-order valence-electron chi connectivity index (χ3n) is 2.70. The Kier molecular flexibility index (Phi) is 4.34. The fraction of sp³-hybridized carbons (Fsp3) is 0.833. The van der Waals surface area contributed by atoms with E-state index in [1.807, 2.05) is 0 Å². The van der Waals surface area contributed by atoms with Crippen LogP contribution in [0.15, 0.2) is 12.3 Å². The Morgan fingerprint density at radius 1 is 1.15 bits per heavy atom. The Labute approximate surface area is 82.8 Å². The van der Waals surface area contributed by atoms with Gasteiger partial charge in [-0.3, -0.25) is 0 Å². The van der Waals surface area contributed by atoms with E-state index in [4.69, 9.17) is 0 Å². The van der Waals surface area contributed by atoms with Crippen molar-refractivity contribution in [2.75, 3.05) is 13.1 Å². The number of rotatable bonds is 3. The zero-order chi connectivity index (χ0) is 9.68. The van der Waals surface area contributed by atoms with Gasteiger partial charge in [0.05, 0.1) is 0 Å². The number of hydrogen-bond donors (Lipinski definition) is 0. The molecule has 0 aromatic heterocycles. The van der Waals surface area contributed by atoms with E-state index in [-0.39, 0.29) is 0 Å². The summed E-state index contributed by atoms with van der Waals surface area (Å²) in [5.41, 5.74) is 1.36. The molecule has 0 amide bonds. The monoisotopic (exact) mass is 181 g/mol. The van der Waals surface area contributed by atoms with Gasteiger partial charge < -0.3 is 4.90 Å². The second-order valence-electron chi connectivity index (χ2n) is 4.57. The Morgan fingerprint density at radius 3 is 2.15 bits per heavy atom. The Morgan fingerprint density at radius 2 is 1.69 bits per heavy atom. The van der Waals surface area contributed by atoms with Crippen LogP contribution in [0.4, 0.5) is 0 Å². The fourth-order valence-electron chi connectivity index (χ4n) is 1.99. The zero-order valence-corrected chi connectivity index (χ0v) is 9.18. The molecule has 0 aromatic carbocycles. The quantitative estimate of drug-likeness (QED) is 0.645. The molecule has 0 atom stereocenters. The van der Waals surface area contributed by atoms with Crippen molar-refractivity contribution in [3.8, 4) is 0 Å². The molecule has 1 aliphatic rings.